The number of hydrogen-bond acceptors (Lipinski definition) is 3. The lowest BCUT2D eigenvalue weighted by Gasteiger charge is -2.12. The summed E-state index contributed by atoms with van der Waals surface area (Å²) in [5.41, 5.74) is 1.01. The van der Waals surface area contributed by atoms with Gasteiger partial charge in [-0.3, -0.25) is 5.10 Å². The summed E-state index contributed by atoms with van der Waals surface area (Å²) in [5, 5.41) is 10.5. The van der Waals surface area contributed by atoms with Crippen LogP contribution in [0.15, 0.2) is 30.5 Å². The third-order valence-electron chi connectivity index (χ3n) is 2.07. The SMILES string of the molecule is CC(Nc1cccc(Cl)n1)c1ccn[nH]1. The lowest BCUT2D eigenvalue weighted by molar-refractivity contribution is 0.819. The molecule has 1 unspecified atom stereocenters. The van der Waals surface area contributed by atoms with Gasteiger partial charge in [-0.1, -0.05) is 17.7 Å². The Morgan fingerprint density at radius 2 is 2.27 bits per heavy atom. The maximum Gasteiger partial charge on any atom is 0.131 e. The summed E-state index contributed by atoms with van der Waals surface area (Å²) in [6.07, 6.45) is 1.72. The van der Waals surface area contributed by atoms with Crippen molar-refractivity contribution in [1.29, 1.82) is 0 Å². The molecule has 2 heterocycles. The second-order valence-corrected chi connectivity index (χ2v) is 3.61. The predicted molar refractivity (Wildman–Crippen MR) is 59.9 cm³/mol. The first-order chi connectivity index (χ1) is 7.25. The molecule has 0 aliphatic rings. The summed E-state index contributed by atoms with van der Waals surface area (Å²) in [6, 6.07) is 7.52. The maximum absolute atomic E-state index is 5.78. The molecule has 0 spiro atoms. The molecular formula is C10H11ClN4. The van der Waals surface area contributed by atoms with Crippen molar-refractivity contribution in [3.05, 3.63) is 41.3 Å². The van der Waals surface area contributed by atoms with Gasteiger partial charge in [-0.15, -0.1) is 0 Å². The summed E-state index contributed by atoms with van der Waals surface area (Å²) in [7, 11) is 0. The molecule has 0 radical (unpaired) electrons. The van der Waals surface area contributed by atoms with Gasteiger partial charge in [-0.05, 0) is 25.1 Å². The molecule has 0 saturated carbocycles. The van der Waals surface area contributed by atoms with E-state index in [9.17, 15) is 0 Å². The monoisotopic (exact) mass is 222 g/mol. The molecule has 0 amide bonds. The third-order valence-corrected chi connectivity index (χ3v) is 2.28. The number of nitrogens with zero attached hydrogens (tertiary/aromatic N) is 2. The van der Waals surface area contributed by atoms with E-state index in [-0.39, 0.29) is 6.04 Å². The molecule has 0 aliphatic heterocycles. The van der Waals surface area contributed by atoms with Crippen LogP contribution < -0.4 is 5.32 Å². The maximum atomic E-state index is 5.78. The molecule has 2 aromatic rings. The molecular weight excluding hydrogens is 212 g/mol. The van der Waals surface area contributed by atoms with E-state index in [1.165, 1.54) is 0 Å². The second-order valence-electron chi connectivity index (χ2n) is 3.22. The highest BCUT2D eigenvalue weighted by Gasteiger charge is 2.06. The summed E-state index contributed by atoms with van der Waals surface area (Å²) < 4.78 is 0. The number of aromatic amines is 1. The van der Waals surface area contributed by atoms with Gasteiger partial charge in [0.05, 0.1) is 11.7 Å². The van der Waals surface area contributed by atoms with Gasteiger partial charge >= 0.3 is 0 Å². The molecule has 2 rings (SSSR count). The molecule has 0 aliphatic carbocycles. The van der Waals surface area contributed by atoms with Crippen molar-refractivity contribution < 1.29 is 0 Å². The van der Waals surface area contributed by atoms with Gasteiger partial charge in [0.15, 0.2) is 0 Å². The molecule has 5 heteroatoms. The van der Waals surface area contributed by atoms with E-state index >= 15 is 0 Å². The fourth-order valence-electron chi connectivity index (χ4n) is 1.30. The van der Waals surface area contributed by atoms with E-state index in [2.05, 4.69) is 20.5 Å². The molecule has 4 nitrogen and oxygen atoms in total. The van der Waals surface area contributed by atoms with Crippen LogP contribution >= 0.6 is 11.6 Å². The average Bonchev–Trinajstić information content (AvgIpc) is 2.70. The van der Waals surface area contributed by atoms with Gasteiger partial charge < -0.3 is 5.32 Å². The number of nitrogens with one attached hydrogen (secondary N) is 2. The zero-order valence-electron chi connectivity index (χ0n) is 8.24. The Morgan fingerprint density at radius 1 is 1.40 bits per heavy atom. The van der Waals surface area contributed by atoms with Crippen molar-refractivity contribution >= 4 is 17.4 Å². The second kappa shape index (κ2) is 4.31. The Bertz CT molecular complexity index is 427. The van der Waals surface area contributed by atoms with Crippen LogP contribution in [0, 0.1) is 0 Å². The number of anilines is 1. The van der Waals surface area contributed by atoms with E-state index in [4.69, 9.17) is 11.6 Å². The van der Waals surface area contributed by atoms with Crippen LogP contribution in [-0.4, -0.2) is 15.2 Å². The van der Waals surface area contributed by atoms with Crippen LogP contribution in [0.3, 0.4) is 0 Å². The Kier molecular flexibility index (Phi) is 2.87. The van der Waals surface area contributed by atoms with E-state index in [0.717, 1.165) is 11.5 Å². The van der Waals surface area contributed by atoms with E-state index in [0.29, 0.717) is 5.15 Å². The van der Waals surface area contributed by atoms with Crippen molar-refractivity contribution in [3.8, 4) is 0 Å². The first-order valence-electron chi connectivity index (χ1n) is 4.64. The van der Waals surface area contributed by atoms with Crippen molar-refractivity contribution in [2.45, 2.75) is 13.0 Å². The van der Waals surface area contributed by atoms with Gasteiger partial charge in [0.25, 0.3) is 0 Å². The van der Waals surface area contributed by atoms with Crippen LogP contribution in [0.25, 0.3) is 0 Å². The Hall–Kier alpha value is -1.55. The van der Waals surface area contributed by atoms with Gasteiger partial charge in [0.1, 0.15) is 11.0 Å². The van der Waals surface area contributed by atoms with Crippen molar-refractivity contribution in [2.24, 2.45) is 0 Å². The summed E-state index contributed by atoms with van der Waals surface area (Å²) in [6.45, 7) is 2.02. The topological polar surface area (TPSA) is 53.6 Å². The molecule has 2 aromatic heterocycles. The lowest BCUT2D eigenvalue weighted by Crippen LogP contribution is -2.08. The number of hydrogen-bond donors (Lipinski definition) is 2. The van der Waals surface area contributed by atoms with Crippen LogP contribution in [0.2, 0.25) is 5.15 Å². The summed E-state index contributed by atoms with van der Waals surface area (Å²) in [5.74, 6) is 0.754. The largest absolute Gasteiger partial charge is 0.362 e. The zero-order chi connectivity index (χ0) is 10.7. The molecule has 1 atom stereocenters. The predicted octanol–water partition coefficient (Wildman–Crippen LogP) is 2.63. The zero-order valence-corrected chi connectivity index (χ0v) is 8.99. The van der Waals surface area contributed by atoms with E-state index in [1.54, 1.807) is 12.3 Å². The molecule has 0 fully saturated rings. The van der Waals surface area contributed by atoms with Gasteiger partial charge in [-0.2, -0.15) is 5.10 Å². The highest BCUT2D eigenvalue weighted by atomic mass is 35.5. The van der Waals surface area contributed by atoms with Crippen LogP contribution in [0.4, 0.5) is 5.82 Å². The number of pyridine rings is 1. The Balaban J connectivity index is 2.09. The van der Waals surface area contributed by atoms with Gasteiger partial charge in [0, 0.05) is 6.20 Å². The number of halogens is 1. The Labute approximate surface area is 92.7 Å². The number of aromatic nitrogens is 3. The molecule has 2 N–H and O–H groups in total. The van der Waals surface area contributed by atoms with Crippen molar-refractivity contribution in [3.63, 3.8) is 0 Å². The first kappa shape index (κ1) is 9.98. The number of rotatable bonds is 3. The van der Waals surface area contributed by atoms with Crippen LogP contribution in [0.5, 0.6) is 0 Å². The molecule has 0 bridgehead atoms. The molecule has 15 heavy (non-hydrogen) atoms. The highest BCUT2D eigenvalue weighted by molar-refractivity contribution is 6.29. The quantitative estimate of drug-likeness (QED) is 0.785. The molecule has 78 valence electrons. The summed E-state index contributed by atoms with van der Waals surface area (Å²) >= 11 is 5.78. The minimum atomic E-state index is 0.124. The first-order valence-corrected chi connectivity index (χ1v) is 5.02. The van der Waals surface area contributed by atoms with Gasteiger partial charge in [-0.25, -0.2) is 4.98 Å². The molecule has 0 saturated heterocycles. The number of H-pyrrole nitrogens is 1. The minimum Gasteiger partial charge on any atom is -0.362 e. The van der Waals surface area contributed by atoms with E-state index < -0.39 is 0 Å². The van der Waals surface area contributed by atoms with E-state index in [1.807, 2.05) is 25.1 Å². The van der Waals surface area contributed by atoms with Crippen LogP contribution in [-0.2, 0) is 0 Å². The lowest BCUT2D eigenvalue weighted by atomic mass is 10.2. The van der Waals surface area contributed by atoms with Crippen molar-refractivity contribution in [2.75, 3.05) is 5.32 Å². The standard InChI is InChI=1S/C10H11ClN4/c1-7(8-5-6-12-15-8)13-10-4-2-3-9(11)14-10/h2-7H,1H3,(H,12,15)(H,13,14). The fourth-order valence-corrected chi connectivity index (χ4v) is 1.46. The fraction of sp³-hybridized carbons (Fsp3) is 0.200. The highest BCUT2D eigenvalue weighted by Crippen LogP contribution is 2.16. The Morgan fingerprint density at radius 3 is 2.93 bits per heavy atom. The summed E-state index contributed by atoms with van der Waals surface area (Å²) in [4.78, 5) is 4.14. The average molecular weight is 223 g/mol. The minimum absolute atomic E-state index is 0.124. The third kappa shape index (κ3) is 2.47. The van der Waals surface area contributed by atoms with Crippen LogP contribution in [0.1, 0.15) is 18.7 Å². The normalized spacial score (nSPS) is 12.4. The van der Waals surface area contributed by atoms with Crippen molar-refractivity contribution in [1.82, 2.24) is 15.2 Å². The molecule has 0 aromatic carbocycles. The smallest absolute Gasteiger partial charge is 0.131 e. The van der Waals surface area contributed by atoms with Gasteiger partial charge in [0.2, 0.25) is 0 Å².